The summed E-state index contributed by atoms with van der Waals surface area (Å²) in [6, 6.07) is 53.2. The number of aromatic nitrogens is 2. The fraction of sp³-hybridized carbons (Fsp3) is 0.0806. The molecule has 0 fully saturated rings. The summed E-state index contributed by atoms with van der Waals surface area (Å²) in [6.07, 6.45) is 24.3. The van der Waals surface area contributed by atoms with Gasteiger partial charge in [0.2, 0.25) is 0 Å². The van der Waals surface area contributed by atoms with E-state index in [1.807, 2.05) is 12.4 Å². The van der Waals surface area contributed by atoms with E-state index >= 15 is 0 Å². The molecule has 0 bridgehead atoms. The normalized spacial score (nSPS) is 19.9. The molecule has 4 atom stereocenters. The Morgan fingerprint density at radius 2 is 1.18 bits per heavy atom. The van der Waals surface area contributed by atoms with Crippen LogP contribution in [0.5, 0.6) is 0 Å². The van der Waals surface area contributed by atoms with E-state index in [4.69, 9.17) is 0 Å². The maximum absolute atomic E-state index is 4.64. The van der Waals surface area contributed by atoms with Gasteiger partial charge in [-0.15, -0.1) is 0 Å². The largest absolute Gasteiger partial charge is 0.333 e. The summed E-state index contributed by atoms with van der Waals surface area (Å²) in [5.41, 5.74) is 15.9. The van der Waals surface area contributed by atoms with E-state index < -0.39 is 0 Å². The van der Waals surface area contributed by atoms with Crippen molar-refractivity contribution in [2.45, 2.75) is 24.3 Å². The predicted molar refractivity (Wildman–Crippen MR) is 273 cm³/mol. The molecule has 5 aliphatic carbocycles. The molecular weight excluding hydrogens is 787 g/mol. The molecule has 65 heavy (non-hydrogen) atoms. The van der Waals surface area contributed by atoms with Crippen molar-refractivity contribution in [3.8, 4) is 5.69 Å². The van der Waals surface area contributed by atoms with Gasteiger partial charge in [-0.25, -0.2) is 0 Å². The number of hydrogen-bond acceptors (Lipinski definition) is 2. The SMILES string of the molecule is C1=Cc2cccc3c2C2C1=CC(N(c1cccc4c1ccc1c4c4c5c(ccc4n1-c1cccc4ccncc14)C=CC1=C[C@@H]15)c1ccc4ccc5cccc6ccc1c4c56)CC2C=C3. The molecule has 0 N–H and O–H groups in total. The Labute approximate surface area is 375 Å². The van der Waals surface area contributed by atoms with Crippen LogP contribution >= 0.6 is 0 Å². The molecule has 0 saturated carbocycles. The van der Waals surface area contributed by atoms with E-state index in [1.165, 1.54) is 121 Å². The maximum atomic E-state index is 4.64. The number of allylic oxidation sites excluding steroid dienone is 6. The molecule has 9 aromatic carbocycles. The lowest BCUT2D eigenvalue weighted by molar-refractivity contribution is 0.462. The first-order valence-electron chi connectivity index (χ1n) is 23.2. The molecule has 0 amide bonds. The van der Waals surface area contributed by atoms with E-state index in [-0.39, 0.29) is 6.04 Å². The van der Waals surface area contributed by atoms with Gasteiger partial charge in [-0.05, 0) is 125 Å². The van der Waals surface area contributed by atoms with Crippen LogP contribution in [-0.4, -0.2) is 15.6 Å². The van der Waals surface area contributed by atoms with Gasteiger partial charge in [0.25, 0.3) is 0 Å². The standard InChI is InChI=1S/C62H39N3/c1-6-36-16-19-43-31-45(32-44-20-17-37(7-1)56(36)58(43)44)64(53-26-22-40-14-13-38-8-2-9-39-21-24-48(53)59(40)57(38)39)51-12-4-10-47-46(51)25-28-54-61(47)62-55(27-23-41-15-18-42-33-49(42)60(41)62)65(54)52-11-3-5-35-29-30-63-34-50(35)52/h1-31,33-34,44-45,49,58H,32H2/t44?,45?,49-,58?/m0/s1. The second-order valence-corrected chi connectivity index (χ2v) is 18.9. The van der Waals surface area contributed by atoms with Gasteiger partial charge < -0.3 is 9.47 Å². The number of rotatable bonds is 4. The molecule has 3 heteroatoms. The fourth-order valence-corrected chi connectivity index (χ4v) is 13.0. The first-order valence-corrected chi connectivity index (χ1v) is 23.2. The smallest absolute Gasteiger partial charge is 0.0556 e. The van der Waals surface area contributed by atoms with Gasteiger partial charge in [0, 0.05) is 62.5 Å². The Hall–Kier alpha value is -8.01. The van der Waals surface area contributed by atoms with Crippen LogP contribution in [0.2, 0.25) is 0 Å². The molecule has 0 saturated heterocycles. The van der Waals surface area contributed by atoms with E-state index in [0.29, 0.717) is 17.8 Å². The van der Waals surface area contributed by atoms with Gasteiger partial charge in [-0.2, -0.15) is 0 Å². The van der Waals surface area contributed by atoms with Crippen LogP contribution < -0.4 is 4.90 Å². The zero-order chi connectivity index (χ0) is 42.1. The molecule has 3 unspecified atom stereocenters. The second kappa shape index (κ2) is 12.4. The number of nitrogens with zero attached hydrogens (tertiary/aromatic N) is 3. The van der Waals surface area contributed by atoms with Gasteiger partial charge in [0.15, 0.2) is 0 Å². The van der Waals surface area contributed by atoms with Gasteiger partial charge in [-0.1, -0.05) is 152 Å². The minimum absolute atomic E-state index is 0.104. The Balaban J connectivity index is 1.00. The molecule has 302 valence electrons. The van der Waals surface area contributed by atoms with Crippen LogP contribution in [0.3, 0.4) is 0 Å². The molecular formula is C62H39N3. The lowest BCUT2D eigenvalue weighted by atomic mass is 9.66. The van der Waals surface area contributed by atoms with Crippen molar-refractivity contribution in [2.24, 2.45) is 5.92 Å². The van der Waals surface area contributed by atoms with Crippen molar-refractivity contribution in [1.29, 1.82) is 0 Å². The highest BCUT2D eigenvalue weighted by Gasteiger charge is 2.40. The summed E-state index contributed by atoms with van der Waals surface area (Å²) in [7, 11) is 0. The number of benzene rings is 9. The van der Waals surface area contributed by atoms with Crippen molar-refractivity contribution in [1.82, 2.24) is 9.55 Å². The van der Waals surface area contributed by atoms with Crippen LogP contribution in [0, 0.1) is 5.92 Å². The fourth-order valence-electron chi connectivity index (χ4n) is 13.0. The van der Waals surface area contributed by atoms with Crippen molar-refractivity contribution in [3.05, 3.63) is 221 Å². The molecule has 5 aliphatic rings. The summed E-state index contributed by atoms with van der Waals surface area (Å²) in [5.74, 6) is 1.11. The lowest BCUT2D eigenvalue weighted by Crippen LogP contribution is -2.37. The minimum atomic E-state index is 0.104. The van der Waals surface area contributed by atoms with Gasteiger partial charge >= 0.3 is 0 Å². The molecule has 0 aliphatic heterocycles. The Morgan fingerprint density at radius 1 is 0.477 bits per heavy atom. The van der Waals surface area contributed by atoms with Crippen molar-refractivity contribution >= 4 is 105 Å². The average molecular weight is 826 g/mol. The number of fused-ring (bicyclic) bond motifs is 10. The third kappa shape index (κ3) is 4.57. The summed E-state index contributed by atoms with van der Waals surface area (Å²) in [6.45, 7) is 0. The number of pyridine rings is 1. The Bertz CT molecular complexity index is 4110. The molecule has 2 aromatic heterocycles. The first kappa shape index (κ1) is 34.5. The van der Waals surface area contributed by atoms with Crippen molar-refractivity contribution < 1.29 is 0 Å². The highest BCUT2D eigenvalue weighted by atomic mass is 15.2. The monoisotopic (exact) mass is 825 g/mol. The summed E-state index contributed by atoms with van der Waals surface area (Å²) in [5, 5.41) is 15.4. The van der Waals surface area contributed by atoms with Gasteiger partial charge in [0.1, 0.15) is 0 Å². The average Bonchev–Trinajstić information content (AvgIpc) is 4.08. The van der Waals surface area contributed by atoms with E-state index in [0.717, 1.165) is 17.5 Å². The molecule has 2 heterocycles. The van der Waals surface area contributed by atoms with Crippen LogP contribution in [0.1, 0.15) is 46.1 Å². The van der Waals surface area contributed by atoms with Crippen LogP contribution in [0.25, 0.3) is 99.6 Å². The van der Waals surface area contributed by atoms with Crippen molar-refractivity contribution in [2.75, 3.05) is 4.90 Å². The number of anilines is 2. The van der Waals surface area contributed by atoms with Crippen LogP contribution in [0.15, 0.2) is 193 Å². The van der Waals surface area contributed by atoms with Crippen LogP contribution in [0.4, 0.5) is 11.4 Å². The van der Waals surface area contributed by atoms with E-state index in [9.17, 15) is 0 Å². The molecule has 0 spiro atoms. The lowest BCUT2D eigenvalue weighted by Gasteiger charge is -2.44. The summed E-state index contributed by atoms with van der Waals surface area (Å²) in [4.78, 5) is 7.37. The van der Waals surface area contributed by atoms with Crippen LogP contribution in [-0.2, 0) is 0 Å². The molecule has 3 nitrogen and oxygen atoms in total. The molecule has 11 aromatic rings. The highest BCUT2D eigenvalue weighted by Crippen LogP contribution is 2.55. The quantitative estimate of drug-likeness (QED) is 0.165. The van der Waals surface area contributed by atoms with E-state index in [1.54, 1.807) is 0 Å². The minimum Gasteiger partial charge on any atom is -0.333 e. The predicted octanol–water partition coefficient (Wildman–Crippen LogP) is 15.7. The Morgan fingerprint density at radius 3 is 2.11 bits per heavy atom. The number of hydrogen-bond donors (Lipinski definition) is 0. The highest BCUT2D eigenvalue weighted by molar-refractivity contribution is 6.27. The zero-order valence-corrected chi connectivity index (χ0v) is 35.4. The van der Waals surface area contributed by atoms with Gasteiger partial charge in [0.05, 0.1) is 22.8 Å². The topological polar surface area (TPSA) is 21.1 Å². The summed E-state index contributed by atoms with van der Waals surface area (Å²) < 4.78 is 2.52. The van der Waals surface area contributed by atoms with E-state index in [2.05, 4.69) is 203 Å². The van der Waals surface area contributed by atoms with Gasteiger partial charge in [-0.3, -0.25) is 4.98 Å². The summed E-state index contributed by atoms with van der Waals surface area (Å²) >= 11 is 0. The molecule has 0 radical (unpaired) electrons. The maximum Gasteiger partial charge on any atom is 0.0556 e. The third-order valence-corrected chi connectivity index (χ3v) is 15.8. The molecule has 16 rings (SSSR count). The van der Waals surface area contributed by atoms with Crippen molar-refractivity contribution in [3.63, 3.8) is 0 Å². The third-order valence-electron chi connectivity index (χ3n) is 15.8. The zero-order valence-electron chi connectivity index (χ0n) is 35.4. The Kier molecular flexibility index (Phi) is 6.56. The first-order chi connectivity index (χ1) is 32.2. The second-order valence-electron chi connectivity index (χ2n) is 18.9.